The fraction of sp³-hybridized carbons (Fsp3) is 0.400. The molecule has 118 valence electrons. The maximum Gasteiger partial charge on any atom is 0.234 e. The highest BCUT2D eigenvalue weighted by Crippen LogP contribution is 2.22. The van der Waals surface area contributed by atoms with Gasteiger partial charge >= 0.3 is 0 Å². The highest BCUT2D eigenvalue weighted by atomic mass is 32.1. The van der Waals surface area contributed by atoms with Crippen molar-refractivity contribution >= 4 is 33.4 Å². The molecule has 0 saturated carbocycles. The summed E-state index contributed by atoms with van der Waals surface area (Å²) in [5.41, 5.74) is 0.996. The highest BCUT2D eigenvalue weighted by molar-refractivity contribution is 7.18. The molecule has 2 aromatic rings. The first kappa shape index (κ1) is 16.4. The number of benzene rings is 1. The standard InChI is InChI=1S/C15H20N4O2S/c1-11(20)16-7-8-17-14(21)9-19(2)10-15-18-12-5-3-4-6-13(12)22-15/h3-6H,7-10H2,1-2H3,(H,16,20)(H,17,21). The predicted molar refractivity (Wildman–Crippen MR) is 87.6 cm³/mol. The maximum atomic E-state index is 11.8. The van der Waals surface area contributed by atoms with Gasteiger partial charge in [-0.2, -0.15) is 0 Å². The van der Waals surface area contributed by atoms with Crippen LogP contribution in [0.3, 0.4) is 0 Å². The van der Waals surface area contributed by atoms with Crippen LogP contribution in [0.15, 0.2) is 24.3 Å². The molecule has 0 aliphatic heterocycles. The van der Waals surface area contributed by atoms with E-state index in [2.05, 4.69) is 15.6 Å². The van der Waals surface area contributed by atoms with Gasteiger partial charge in [-0.05, 0) is 19.2 Å². The molecule has 2 rings (SSSR count). The summed E-state index contributed by atoms with van der Waals surface area (Å²) in [5, 5.41) is 6.40. The smallest absolute Gasteiger partial charge is 0.234 e. The minimum atomic E-state index is -0.0952. The Kier molecular flexibility index (Phi) is 5.85. The fourth-order valence-corrected chi connectivity index (χ4v) is 3.06. The van der Waals surface area contributed by atoms with Crippen LogP contribution in [0.2, 0.25) is 0 Å². The van der Waals surface area contributed by atoms with E-state index in [4.69, 9.17) is 0 Å². The van der Waals surface area contributed by atoms with E-state index >= 15 is 0 Å². The number of carbonyl (C=O) groups excluding carboxylic acids is 2. The summed E-state index contributed by atoms with van der Waals surface area (Å²) in [6, 6.07) is 8.00. The van der Waals surface area contributed by atoms with Crippen LogP contribution < -0.4 is 10.6 Å². The number of rotatable bonds is 7. The zero-order chi connectivity index (χ0) is 15.9. The number of amides is 2. The van der Waals surface area contributed by atoms with Gasteiger partial charge in [0, 0.05) is 20.0 Å². The average molecular weight is 320 g/mol. The van der Waals surface area contributed by atoms with Gasteiger partial charge in [-0.15, -0.1) is 11.3 Å². The van der Waals surface area contributed by atoms with Crippen LogP contribution in [0, 0.1) is 0 Å². The molecule has 2 N–H and O–H groups in total. The number of aromatic nitrogens is 1. The largest absolute Gasteiger partial charge is 0.355 e. The summed E-state index contributed by atoms with van der Waals surface area (Å²) in [5.74, 6) is -0.156. The number of hydrogen-bond donors (Lipinski definition) is 2. The zero-order valence-electron chi connectivity index (χ0n) is 12.8. The molecule has 0 atom stereocenters. The van der Waals surface area contributed by atoms with Crippen molar-refractivity contribution in [3.63, 3.8) is 0 Å². The van der Waals surface area contributed by atoms with Gasteiger partial charge in [-0.25, -0.2) is 4.98 Å². The van der Waals surface area contributed by atoms with Gasteiger partial charge in [0.15, 0.2) is 0 Å². The number of hydrogen-bond acceptors (Lipinski definition) is 5. The summed E-state index contributed by atoms with van der Waals surface area (Å²) >= 11 is 1.65. The molecule has 6 nitrogen and oxygen atoms in total. The Morgan fingerprint density at radius 2 is 1.95 bits per heavy atom. The van der Waals surface area contributed by atoms with E-state index in [9.17, 15) is 9.59 Å². The highest BCUT2D eigenvalue weighted by Gasteiger charge is 2.10. The molecular formula is C15H20N4O2S. The molecule has 0 aliphatic rings. The number of carbonyl (C=O) groups is 2. The van der Waals surface area contributed by atoms with Crippen molar-refractivity contribution in [3.05, 3.63) is 29.3 Å². The van der Waals surface area contributed by atoms with Gasteiger partial charge in [0.1, 0.15) is 5.01 Å². The van der Waals surface area contributed by atoms with Crippen LogP contribution in [0.4, 0.5) is 0 Å². The molecule has 0 fully saturated rings. The first-order chi connectivity index (χ1) is 10.5. The number of likely N-dealkylation sites (N-methyl/N-ethyl adjacent to an activating group) is 1. The Hall–Kier alpha value is -1.99. The van der Waals surface area contributed by atoms with Gasteiger partial charge in [0.25, 0.3) is 0 Å². The molecule has 0 unspecified atom stereocenters. The van der Waals surface area contributed by atoms with Crippen LogP contribution in [0.5, 0.6) is 0 Å². The molecule has 0 aliphatic carbocycles. The maximum absolute atomic E-state index is 11.8. The van der Waals surface area contributed by atoms with Gasteiger partial charge in [-0.1, -0.05) is 12.1 Å². The quantitative estimate of drug-likeness (QED) is 0.746. The van der Waals surface area contributed by atoms with Crippen LogP contribution >= 0.6 is 11.3 Å². The number of thiazole rings is 1. The van der Waals surface area contributed by atoms with Crippen molar-refractivity contribution in [1.82, 2.24) is 20.5 Å². The molecule has 0 saturated heterocycles. The fourth-order valence-electron chi connectivity index (χ4n) is 2.02. The molecule has 2 amide bonds. The lowest BCUT2D eigenvalue weighted by atomic mass is 10.3. The van der Waals surface area contributed by atoms with Crippen LogP contribution in [0.1, 0.15) is 11.9 Å². The molecule has 1 aromatic carbocycles. The second-order valence-electron chi connectivity index (χ2n) is 5.08. The lowest BCUT2D eigenvalue weighted by molar-refractivity contribution is -0.122. The molecule has 1 heterocycles. The van der Waals surface area contributed by atoms with E-state index in [1.54, 1.807) is 11.3 Å². The Morgan fingerprint density at radius 3 is 2.68 bits per heavy atom. The summed E-state index contributed by atoms with van der Waals surface area (Å²) in [7, 11) is 1.89. The van der Waals surface area contributed by atoms with Gasteiger partial charge < -0.3 is 10.6 Å². The Balaban J connectivity index is 1.76. The zero-order valence-corrected chi connectivity index (χ0v) is 13.6. The summed E-state index contributed by atoms with van der Waals surface area (Å²) < 4.78 is 1.16. The Labute approximate surface area is 133 Å². The minimum Gasteiger partial charge on any atom is -0.355 e. The van der Waals surface area contributed by atoms with Crippen molar-refractivity contribution < 1.29 is 9.59 Å². The molecule has 22 heavy (non-hydrogen) atoms. The Bertz CT molecular complexity index is 623. The SMILES string of the molecule is CC(=O)NCCNC(=O)CN(C)Cc1nc2ccccc2s1. The van der Waals surface area contributed by atoms with Crippen molar-refractivity contribution in [2.24, 2.45) is 0 Å². The van der Waals surface area contributed by atoms with Crippen molar-refractivity contribution in [2.45, 2.75) is 13.5 Å². The molecule has 0 radical (unpaired) electrons. The molecular weight excluding hydrogens is 300 g/mol. The van der Waals surface area contributed by atoms with Crippen LogP contribution in [-0.2, 0) is 16.1 Å². The number of nitrogens with one attached hydrogen (secondary N) is 2. The number of fused-ring (bicyclic) bond motifs is 1. The predicted octanol–water partition coefficient (Wildman–Crippen LogP) is 0.980. The summed E-state index contributed by atoms with van der Waals surface area (Å²) in [6.07, 6.45) is 0. The number of para-hydroxylation sites is 1. The van der Waals surface area contributed by atoms with Crippen LogP contribution in [0.25, 0.3) is 10.2 Å². The van der Waals surface area contributed by atoms with Gasteiger partial charge in [0.05, 0.1) is 23.3 Å². The third kappa shape index (κ3) is 5.09. The van der Waals surface area contributed by atoms with Crippen LogP contribution in [-0.4, -0.2) is 48.4 Å². The lowest BCUT2D eigenvalue weighted by Crippen LogP contribution is -2.38. The third-order valence-corrected chi connectivity index (χ3v) is 4.00. The molecule has 1 aromatic heterocycles. The van der Waals surface area contributed by atoms with Gasteiger partial charge in [-0.3, -0.25) is 14.5 Å². The Morgan fingerprint density at radius 1 is 1.23 bits per heavy atom. The molecule has 7 heteroatoms. The second kappa shape index (κ2) is 7.86. The van der Waals surface area contributed by atoms with Crippen molar-refractivity contribution in [3.8, 4) is 0 Å². The van der Waals surface area contributed by atoms with E-state index in [0.29, 0.717) is 26.2 Å². The van der Waals surface area contributed by atoms with E-state index < -0.39 is 0 Å². The number of nitrogens with zero attached hydrogens (tertiary/aromatic N) is 2. The third-order valence-electron chi connectivity index (χ3n) is 2.98. The van der Waals surface area contributed by atoms with E-state index in [-0.39, 0.29) is 11.8 Å². The average Bonchev–Trinajstić information content (AvgIpc) is 2.85. The van der Waals surface area contributed by atoms with Crippen molar-refractivity contribution in [2.75, 3.05) is 26.7 Å². The summed E-state index contributed by atoms with van der Waals surface area (Å²) in [4.78, 5) is 29.0. The topological polar surface area (TPSA) is 74.3 Å². The molecule has 0 spiro atoms. The van der Waals surface area contributed by atoms with E-state index in [0.717, 1.165) is 15.2 Å². The summed E-state index contributed by atoms with van der Waals surface area (Å²) in [6.45, 7) is 3.28. The first-order valence-electron chi connectivity index (χ1n) is 7.08. The monoisotopic (exact) mass is 320 g/mol. The first-order valence-corrected chi connectivity index (χ1v) is 7.90. The second-order valence-corrected chi connectivity index (χ2v) is 6.20. The molecule has 0 bridgehead atoms. The minimum absolute atomic E-state index is 0.0611. The van der Waals surface area contributed by atoms with E-state index in [1.807, 2.05) is 36.2 Å². The normalized spacial score (nSPS) is 10.9. The van der Waals surface area contributed by atoms with Gasteiger partial charge in [0.2, 0.25) is 11.8 Å². The van der Waals surface area contributed by atoms with E-state index in [1.165, 1.54) is 6.92 Å². The van der Waals surface area contributed by atoms with Crippen molar-refractivity contribution in [1.29, 1.82) is 0 Å². The lowest BCUT2D eigenvalue weighted by Gasteiger charge is -2.14.